The first-order valence-corrected chi connectivity index (χ1v) is 7.82. The molecule has 0 saturated heterocycles. The maximum absolute atomic E-state index is 6.18. The predicted octanol–water partition coefficient (Wildman–Crippen LogP) is 2.86. The second-order valence-corrected chi connectivity index (χ2v) is 6.08. The van der Waals surface area contributed by atoms with Crippen LogP contribution in [0.1, 0.15) is 17.0 Å². The van der Waals surface area contributed by atoms with Gasteiger partial charge in [0, 0.05) is 12.1 Å². The van der Waals surface area contributed by atoms with Crippen molar-refractivity contribution in [1.29, 1.82) is 0 Å². The minimum Gasteiger partial charge on any atom is -0.486 e. The van der Waals surface area contributed by atoms with Crippen LogP contribution in [0, 0.1) is 13.8 Å². The molecular weight excluding hydrogens is 328 g/mol. The molecule has 0 aliphatic carbocycles. The van der Waals surface area contributed by atoms with E-state index in [1.807, 2.05) is 33.0 Å². The smallest absolute Gasteiger partial charge is 0.189 e. The first-order chi connectivity index (χ1) is 11.5. The quantitative estimate of drug-likeness (QED) is 0.572. The van der Waals surface area contributed by atoms with Crippen molar-refractivity contribution in [3.05, 3.63) is 46.6 Å². The van der Waals surface area contributed by atoms with Gasteiger partial charge < -0.3 is 4.74 Å². The van der Waals surface area contributed by atoms with Crippen molar-refractivity contribution in [3.63, 3.8) is 0 Å². The van der Waals surface area contributed by atoms with Crippen molar-refractivity contribution in [2.75, 3.05) is 0 Å². The third kappa shape index (κ3) is 2.37. The molecule has 7 nitrogen and oxygen atoms in total. The van der Waals surface area contributed by atoms with E-state index in [4.69, 9.17) is 16.3 Å². The molecule has 3 heterocycles. The largest absolute Gasteiger partial charge is 0.486 e. The van der Waals surface area contributed by atoms with E-state index in [9.17, 15) is 0 Å². The standard InChI is InChI=1S/C16H15ClN6O/c1-9-4-11(5-10(2)14(9)17)24-7-13-20-16-12-6-19-22(3)15(12)18-8-23(16)21-13/h4-6,8H,7H2,1-3H3. The van der Waals surface area contributed by atoms with Crippen LogP contribution < -0.4 is 4.74 Å². The number of fused-ring (bicyclic) bond motifs is 3. The molecule has 0 fully saturated rings. The van der Waals surface area contributed by atoms with Crippen LogP contribution in [0.3, 0.4) is 0 Å². The van der Waals surface area contributed by atoms with Gasteiger partial charge in [-0.05, 0) is 37.1 Å². The van der Waals surface area contributed by atoms with E-state index < -0.39 is 0 Å². The van der Waals surface area contributed by atoms with Crippen molar-refractivity contribution in [3.8, 4) is 5.75 Å². The summed E-state index contributed by atoms with van der Waals surface area (Å²) >= 11 is 6.18. The fraction of sp³-hybridized carbons (Fsp3) is 0.250. The predicted molar refractivity (Wildman–Crippen MR) is 90.3 cm³/mol. The molecule has 4 aromatic rings. The number of rotatable bonds is 3. The van der Waals surface area contributed by atoms with Crippen LogP contribution in [0.2, 0.25) is 5.02 Å². The van der Waals surface area contributed by atoms with E-state index in [0.717, 1.165) is 38.6 Å². The Morgan fingerprint density at radius 3 is 2.67 bits per heavy atom. The van der Waals surface area contributed by atoms with Gasteiger partial charge in [-0.25, -0.2) is 14.5 Å². The van der Waals surface area contributed by atoms with Gasteiger partial charge in [0.05, 0.1) is 11.6 Å². The Balaban J connectivity index is 1.64. The van der Waals surface area contributed by atoms with Crippen molar-refractivity contribution >= 4 is 28.3 Å². The zero-order valence-corrected chi connectivity index (χ0v) is 14.2. The summed E-state index contributed by atoms with van der Waals surface area (Å²) in [5, 5.41) is 10.2. The molecule has 8 heteroatoms. The molecule has 0 unspecified atom stereocenters. The molecule has 0 radical (unpaired) electrons. The van der Waals surface area contributed by atoms with Gasteiger partial charge >= 0.3 is 0 Å². The fourth-order valence-electron chi connectivity index (χ4n) is 2.68. The van der Waals surface area contributed by atoms with Gasteiger partial charge in [0.1, 0.15) is 18.7 Å². The topological polar surface area (TPSA) is 70.1 Å². The van der Waals surface area contributed by atoms with E-state index >= 15 is 0 Å². The molecule has 0 N–H and O–H groups in total. The second kappa shape index (κ2) is 5.45. The van der Waals surface area contributed by atoms with Gasteiger partial charge in [0.25, 0.3) is 0 Å². The van der Waals surface area contributed by atoms with Crippen molar-refractivity contribution in [1.82, 2.24) is 29.4 Å². The average Bonchev–Trinajstić information content (AvgIpc) is 3.13. The summed E-state index contributed by atoms with van der Waals surface area (Å²) in [5.74, 6) is 1.33. The van der Waals surface area contributed by atoms with Gasteiger partial charge in [-0.1, -0.05) is 11.6 Å². The summed E-state index contributed by atoms with van der Waals surface area (Å²) in [6.45, 7) is 4.18. The minimum atomic E-state index is 0.268. The molecule has 24 heavy (non-hydrogen) atoms. The van der Waals surface area contributed by atoms with Crippen LogP contribution in [-0.2, 0) is 13.7 Å². The van der Waals surface area contributed by atoms with Gasteiger partial charge in [0.2, 0.25) is 0 Å². The number of benzene rings is 1. The van der Waals surface area contributed by atoms with Crippen LogP contribution in [0.4, 0.5) is 0 Å². The first kappa shape index (κ1) is 14.9. The lowest BCUT2D eigenvalue weighted by atomic mass is 10.1. The number of aromatic nitrogens is 6. The highest BCUT2D eigenvalue weighted by molar-refractivity contribution is 6.32. The zero-order chi connectivity index (χ0) is 16.8. The van der Waals surface area contributed by atoms with Crippen molar-refractivity contribution in [2.45, 2.75) is 20.5 Å². The Kier molecular flexibility index (Phi) is 3.38. The Bertz CT molecular complexity index is 1040. The summed E-state index contributed by atoms with van der Waals surface area (Å²) in [4.78, 5) is 8.88. The number of ether oxygens (including phenoxy) is 1. The van der Waals surface area contributed by atoms with E-state index in [-0.39, 0.29) is 6.61 Å². The summed E-state index contributed by atoms with van der Waals surface area (Å²) in [7, 11) is 1.84. The van der Waals surface area contributed by atoms with Crippen LogP contribution >= 0.6 is 11.6 Å². The summed E-state index contributed by atoms with van der Waals surface area (Å²) in [6, 6.07) is 3.82. The minimum absolute atomic E-state index is 0.268. The van der Waals surface area contributed by atoms with Gasteiger partial charge in [-0.2, -0.15) is 5.10 Å². The van der Waals surface area contributed by atoms with Crippen LogP contribution in [-0.4, -0.2) is 29.4 Å². The monoisotopic (exact) mass is 342 g/mol. The van der Waals surface area contributed by atoms with E-state index in [2.05, 4.69) is 20.2 Å². The SMILES string of the molecule is Cc1cc(OCc2nc3c4cnn(C)c4ncn3n2)cc(C)c1Cl. The van der Waals surface area contributed by atoms with Crippen LogP contribution in [0.5, 0.6) is 5.75 Å². The van der Waals surface area contributed by atoms with E-state index in [0.29, 0.717) is 5.82 Å². The Hall–Kier alpha value is -2.67. The molecule has 0 atom stereocenters. The third-order valence-electron chi connectivity index (χ3n) is 3.89. The molecule has 0 amide bonds. The normalized spacial score (nSPS) is 11.5. The first-order valence-electron chi connectivity index (χ1n) is 7.44. The molecule has 4 rings (SSSR count). The molecule has 0 aliphatic heterocycles. The van der Waals surface area contributed by atoms with Gasteiger partial charge in [-0.15, -0.1) is 5.10 Å². The Labute approximate surface area is 142 Å². The van der Waals surface area contributed by atoms with Gasteiger partial charge in [0.15, 0.2) is 17.1 Å². The van der Waals surface area contributed by atoms with Crippen molar-refractivity contribution < 1.29 is 4.74 Å². The maximum atomic E-state index is 6.18. The molecular formula is C16H15ClN6O. The Morgan fingerprint density at radius 1 is 1.17 bits per heavy atom. The average molecular weight is 343 g/mol. The molecule has 0 saturated carbocycles. The number of nitrogens with zero attached hydrogens (tertiary/aromatic N) is 6. The molecule has 0 bridgehead atoms. The maximum Gasteiger partial charge on any atom is 0.189 e. The molecule has 0 spiro atoms. The highest BCUT2D eigenvalue weighted by Crippen LogP contribution is 2.26. The zero-order valence-electron chi connectivity index (χ0n) is 13.5. The lowest BCUT2D eigenvalue weighted by Crippen LogP contribution is -1.99. The summed E-state index contributed by atoms with van der Waals surface area (Å²) < 4.78 is 9.17. The lowest BCUT2D eigenvalue weighted by molar-refractivity contribution is 0.295. The summed E-state index contributed by atoms with van der Waals surface area (Å²) in [5.41, 5.74) is 3.45. The highest BCUT2D eigenvalue weighted by Gasteiger charge is 2.12. The van der Waals surface area contributed by atoms with Crippen molar-refractivity contribution in [2.24, 2.45) is 7.05 Å². The summed E-state index contributed by atoms with van der Waals surface area (Å²) in [6.07, 6.45) is 3.37. The molecule has 3 aromatic heterocycles. The number of aryl methyl sites for hydroxylation is 3. The second-order valence-electron chi connectivity index (χ2n) is 5.71. The number of hydrogen-bond acceptors (Lipinski definition) is 5. The number of hydrogen-bond donors (Lipinski definition) is 0. The van der Waals surface area contributed by atoms with E-state index in [1.54, 1.807) is 21.7 Å². The Morgan fingerprint density at radius 2 is 1.92 bits per heavy atom. The van der Waals surface area contributed by atoms with E-state index in [1.165, 1.54) is 0 Å². The third-order valence-corrected chi connectivity index (χ3v) is 4.49. The highest BCUT2D eigenvalue weighted by atomic mass is 35.5. The lowest BCUT2D eigenvalue weighted by Gasteiger charge is -2.08. The molecule has 1 aromatic carbocycles. The number of halogens is 1. The van der Waals surface area contributed by atoms with Gasteiger partial charge in [-0.3, -0.25) is 4.68 Å². The fourth-order valence-corrected chi connectivity index (χ4v) is 2.79. The molecule has 122 valence electrons. The molecule has 0 aliphatic rings. The van der Waals surface area contributed by atoms with Crippen LogP contribution in [0.15, 0.2) is 24.7 Å². The van der Waals surface area contributed by atoms with Crippen LogP contribution in [0.25, 0.3) is 16.7 Å².